The van der Waals surface area contributed by atoms with Gasteiger partial charge in [0.2, 0.25) is 10.0 Å². The number of rotatable bonds is 3. The number of carboxylic acids is 1. The van der Waals surface area contributed by atoms with E-state index in [2.05, 4.69) is 4.72 Å². The highest BCUT2D eigenvalue weighted by atomic mass is 32.2. The van der Waals surface area contributed by atoms with E-state index in [1.807, 2.05) is 0 Å². The molecule has 0 unspecified atom stereocenters. The van der Waals surface area contributed by atoms with E-state index in [4.69, 9.17) is 9.84 Å². The molecule has 0 saturated heterocycles. The summed E-state index contributed by atoms with van der Waals surface area (Å²) in [4.78, 5) is 11.0. The first-order chi connectivity index (χ1) is 11.6. The smallest absolute Gasteiger partial charge is 0.386 e. The maximum Gasteiger partial charge on any atom is 0.386 e. The summed E-state index contributed by atoms with van der Waals surface area (Å²) < 4.78 is 63.4. The fourth-order valence-electron chi connectivity index (χ4n) is 1.91. The van der Waals surface area contributed by atoms with E-state index in [1.54, 1.807) is 20.8 Å². The lowest BCUT2D eigenvalue weighted by Gasteiger charge is -2.21. The summed E-state index contributed by atoms with van der Waals surface area (Å²) in [6.07, 6.45) is -2.57. The van der Waals surface area contributed by atoms with Crippen molar-refractivity contribution in [2.45, 2.75) is 44.3 Å². The van der Waals surface area contributed by atoms with Crippen LogP contribution in [0.2, 0.25) is 0 Å². The normalized spacial score (nSPS) is 14.3. The van der Waals surface area contributed by atoms with Crippen LogP contribution in [0, 0.1) is 0 Å². The highest BCUT2D eigenvalue weighted by molar-refractivity contribution is 7.89. The van der Waals surface area contributed by atoms with E-state index in [-0.39, 0.29) is 24.0 Å². The molecule has 1 aromatic rings. The summed E-state index contributed by atoms with van der Waals surface area (Å²) >= 11 is 0. The molecule has 0 bridgehead atoms. The number of halogens is 3. The molecule has 1 aliphatic heterocycles. The van der Waals surface area contributed by atoms with Crippen molar-refractivity contribution in [1.82, 2.24) is 4.72 Å². The van der Waals surface area contributed by atoms with Crippen molar-refractivity contribution in [2.75, 3.05) is 6.61 Å². The van der Waals surface area contributed by atoms with Crippen LogP contribution in [0.5, 0.6) is 5.75 Å². The van der Waals surface area contributed by atoms with Gasteiger partial charge in [0.15, 0.2) is 0 Å². The maximum atomic E-state index is 12.3. The second-order valence-electron chi connectivity index (χ2n) is 6.60. The monoisotopic (exact) mass is 395 g/mol. The number of alkyl halides is 3. The van der Waals surface area contributed by atoms with Gasteiger partial charge in [-0.15, -0.1) is 0 Å². The van der Waals surface area contributed by atoms with Crippen LogP contribution >= 0.6 is 0 Å². The Morgan fingerprint density at radius 2 is 1.73 bits per heavy atom. The Labute approximate surface area is 149 Å². The van der Waals surface area contributed by atoms with Gasteiger partial charge >= 0.3 is 12.1 Å². The van der Waals surface area contributed by atoms with Gasteiger partial charge in [0.25, 0.3) is 0 Å². The van der Waals surface area contributed by atoms with Gasteiger partial charge in [-0.3, -0.25) is 0 Å². The van der Waals surface area contributed by atoms with Gasteiger partial charge < -0.3 is 9.84 Å². The fourth-order valence-corrected chi connectivity index (χ4v) is 3.36. The Hall–Kier alpha value is -2.07. The molecule has 2 N–H and O–H groups in total. The maximum absolute atomic E-state index is 12.3. The quantitative estimate of drug-likeness (QED) is 0.820. The number of carboxylic acid groups (broad SMARTS) is 1. The SMILES string of the molecule is CC(C)(C)NS(=O)(=O)c1ccc2c(c1)C=C(C(=O)O)CO2.CC(F)(F)F. The Kier molecular flexibility index (Phi) is 6.48. The minimum absolute atomic E-state index is 0.0331. The highest BCUT2D eigenvalue weighted by Gasteiger charge is 2.24. The fraction of sp³-hybridized carbons (Fsp3) is 0.438. The summed E-state index contributed by atoms with van der Waals surface area (Å²) in [5.74, 6) is -0.614. The summed E-state index contributed by atoms with van der Waals surface area (Å²) in [6.45, 7) is 5.39. The Morgan fingerprint density at radius 3 is 2.19 bits per heavy atom. The number of ether oxygens (including phenoxy) is 1. The van der Waals surface area contributed by atoms with E-state index in [0.29, 0.717) is 11.3 Å². The largest absolute Gasteiger partial charge is 0.488 e. The van der Waals surface area contributed by atoms with Crippen LogP contribution in [0.4, 0.5) is 13.2 Å². The molecular weight excluding hydrogens is 375 g/mol. The average molecular weight is 395 g/mol. The first kappa shape index (κ1) is 22.0. The summed E-state index contributed by atoms with van der Waals surface area (Å²) in [6, 6.07) is 4.37. The van der Waals surface area contributed by atoms with Crippen LogP contribution in [0.1, 0.15) is 33.3 Å². The molecule has 0 spiro atoms. The minimum atomic E-state index is -4.00. The molecule has 0 aromatic heterocycles. The van der Waals surface area contributed by atoms with Crippen LogP contribution in [0.3, 0.4) is 0 Å². The van der Waals surface area contributed by atoms with Crippen molar-refractivity contribution in [3.63, 3.8) is 0 Å². The van der Waals surface area contributed by atoms with Crippen LogP contribution in [0.15, 0.2) is 28.7 Å². The first-order valence-corrected chi connectivity index (χ1v) is 8.88. The number of hydrogen-bond donors (Lipinski definition) is 2. The van der Waals surface area contributed by atoms with Crippen molar-refractivity contribution < 1.29 is 36.2 Å². The van der Waals surface area contributed by atoms with Gasteiger partial charge in [-0.2, -0.15) is 13.2 Å². The minimum Gasteiger partial charge on any atom is -0.488 e. The third kappa shape index (κ3) is 7.44. The zero-order chi connectivity index (χ0) is 20.3. The second-order valence-corrected chi connectivity index (χ2v) is 8.28. The number of carbonyl (C=O) groups is 1. The van der Waals surface area contributed by atoms with Gasteiger partial charge in [-0.1, -0.05) is 0 Å². The topological polar surface area (TPSA) is 92.7 Å². The molecule has 1 aliphatic rings. The van der Waals surface area contributed by atoms with E-state index >= 15 is 0 Å². The van der Waals surface area contributed by atoms with Gasteiger partial charge in [0.1, 0.15) is 12.4 Å². The van der Waals surface area contributed by atoms with Crippen LogP contribution < -0.4 is 9.46 Å². The van der Waals surface area contributed by atoms with Crippen molar-refractivity contribution in [2.24, 2.45) is 0 Å². The van der Waals surface area contributed by atoms with Crippen molar-refractivity contribution in [3.05, 3.63) is 29.3 Å². The highest BCUT2D eigenvalue weighted by Crippen LogP contribution is 2.29. The van der Waals surface area contributed by atoms with Gasteiger partial charge in [-0.05, 0) is 45.0 Å². The number of aliphatic carboxylic acids is 1. The Bertz CT molecular complexity index is 802. The molecule has 1 aromatic carbocycles. The Balaban J connectivity index is 0.000000597. The number of benzene rings is 1. The second kappa shape index (κ2) is 7.67. The molecule has 0 saturated carbocycles. The number of hydrogen-bond acceptors (Lipinski definition) is 4. The van der Waals surface area contributed by atoms with E-state index in [1.165, 1.54) is 24.3 Å². The lowest BCUT2D eigenvalue weighted by atomic mass is 10.1. The van der Waals surface area contributed by atoms with E-state index in [0.717, 1.165) is 0 Å². The van der Waals surface area contributed by atoms with Crippen molar-refractivity contribution in [3.8, 4) is 5.75 Å². The van der Waals surface area contributed by atoms with E-state index in [9.17, 15) is 26.4 Å². The van der Waals surface area contributed by atoms with Crippen molar-refractivity contribution in [1.29, 1.82) is 0 Å². The van der Waals surface area contributed by atoms with Crippen LogP contribution in [0.25, 0.3) is 6.08 Å². The predicted octanol–water partition coefficient (Wildman–Crippen LogP) is 3.19. The molecule has 1 heterocycles. The molecule has 6 nitrogen and oxygen atoms in total. The third-order valence-corrected chi connectivity index (χ3v) is 4.48. The zero-order valence-electron chi connectivity index (χ0n) is 14.6. The summed E-state index contributed by atoms with van der Waals surface area (Å²) in [5, 5.41) is 8.97. The molecule has 10 heteroatoms. The lowest BCUT2D eigenvalue weighted by Crippen LogP contribution is -2.40. The molecule has 0 atom stereocenters. The molecule has 0 amide bonds. The molecule has 2 rings (SSSR count). The molecule has 146 valence electrons. The molecule has 26 heavy (non-hydrogen) atoms. The van der Waals surface area contributed by atoms with Gasteiger partial charge in [0, 0.05) is 18.0 Å². The number of nitrogens with one attached hydrogen (secondary N) is 1. The molecule has 0 aliphatic carbocycles. The standard InChI is InChI=1S/C14H17NO5S.C2H3F3/c1-14(2,3)15-21(18,19)11-4-5-12-9(7-11)6-10(8-20-12)13(16)17;1-2(3,4)5/h4-7,15H,8H2,1-3H3,(H,16,17);1H3. The third-order valence-electron chi connectivity index (χ3n) is 2.72. The van der Waals surface area contributed by atoms with Gasteiger partial charge in [-0.25, -0.2) is 17.9 Å². The predicted molar refractivity (Wildman–Crippen MR) is 89.4 cm³/mol. The number of fused-ring (bicyclic) bond motifs is 1. The molecular formula is C16H20F3NO5S. The average Bonchev–Trinajstić information content (AvgIpc) is 2.41. The molecule has 0 fully saturated rings. The van der Waals surface area contributed by atoms with Gasteiger partial charge in [0.05, 0.1) is 10.5 Å². The van der Waals surface area contributed by atoms with Crippen LogP contribution in [-0.2, 0) is 14.8 Å². The zero-order valence-corrected chi connectivity index (χ0v) is 15.5. The lowest BCUT2D eigenvalue weighted by molar-refractivity contribution is -0.133. The summed E-state index contributed by atoms with van der Waals surface area (Å²) in [7, 11) is -3.67. The first-order valence-electron chi connectivity index (χ1n) is 7.40. The molecule has 0 radical (unpaired) electrons. The van der Waals surface area contributed by atoms with Crippen molar-refractivity contribution >= 4 is 22.1 Å². The number of sulfonamides is 1. The van der Waals surface area contributed by atoms with E-state index < -0.39 is 27.7 Å². The van der Waals surface area contributed by atoms with Crippen LogP contribution in [-0.4, -0.2) is 37.8 Å². The Morgan fingerprint density at radius 1 is 1.19 bits per heavy atom. The summed E-state index contributed by atoms with van der Waals surface area (Å²) in [5.41, 5.74) is -0.0796.